The predicted molar refractivity (Wildman–Crippen MR) is 144 cm³/mol. The molecule has 0 spiro atoms. The Balaban J connectivity index is 0.000000152. The Kier molecular flexibility index (Phi) is 9.34. The van der Waals surface area contributed by atoms with E-state index in [0.29, 0.717) is 13.2 Å². The Morgan fingerprint density at radius 2 is 1.35 bits per heavy atom. The molecule has 6 rings (SSSR count). The van der Waals surface area contributed by atoms with Crippen LogP contribution in [0.15, 0.2) is 43.1 Å². The summed E-state index contributed by atoms with van der Waals surface area (Å²) in [4.78, 5) is 13.1. The van der Waals surface area contributed by atoms with Crippen molar-refractivity contribution in [3.05, 3.63) is 46.8 Å². The number of fused-ring (bicyclic) bond motifs is 2. The van der Waals surface area contributed by atoms with Gasteiger partial charge >= 0.3 is 0 Å². The first-order chi connectivity index (χ1) is 18.2. The molecule has 2 aliphatic rings. The monoisotopic (exact) mass is 622 g/mol. The van der Waals surface area contributed by atoms with E-state index >= 15 is 0 Å². The summed E-state index contributed by atoms with van der Waals surface area (Å²) in [5.41, 5.74) is 1.62. The maximum absolute atomic E-state index is 5.73. The Hall–Kier alpha value is -2.59. The van der Waals surface area contributed by atoms with Crippen molar-refractivity contribution in [1.29, 1.82) is 0 Å². The van der Waals surface area contributed by atoms with Crippen LogP contribution in [0.1, 0.15) is 0 Å². The van der Waals surface area contributed by atoms with E-state index in [9.17, 15) is 0 Å². The average Bonchev–Trinajstić information content (AvgIpc) is 3.56. The topological polar surface area (TPSA) is 104 Å². The summed E-state index contributed by atoms with van der Waals surface area (Å²) in [6, 6.07) is 3.81. The number of morpholine rings is 2. The lowest BCUT2D eigenvalue weighted by molar-refractivity contribution is 0.0321. The third-order valence-corrected chi connectivity index (χ3v) is 6.82. The molecule has 0 bridgehead atoms. The largest absolute Gasteiger partial charge is 0.490 e. The molecule has 198 valence electrons. The molecule has 6 heterocycles. The van der Waals surface area contributed by atoms with Crippen molar-refractivity contribution < 1.29 is 18.9 Å². The van der Waals surface area contributed by atoms with Crippen LogP contribution in [0.4, 0.5) is 0 Å². The fraction of sp³-hybridized carbons (Fsp3) is 0.500. The van der Waals surface area contributed by atoms with Gasteiger partial charge in [-0.25, -0.2) is 19.0 Å². The summed E-state index contributed by atoms with van der Waals surface area (Å²) in [6.07, 6.45) is 8.78. The second-order valence-corrected chi connectivity index (χ2v) is 9.67. The summed E-state index contributed by atoms with van der Waals surface area (Å²) in [5.74, 6) is 1.53. The van der Waals surface area contributed by atoms with Gasteiger partial charge in [-0.15, -0.1) is 0 Å². The number of nitrogens with zero attached hydrogens (tertiary/aromatic N) is 8. The van der Waals surface area contributed by atoms with Crippen molar-refractivity contribution >= 4 is 33.9 Å². The SMILES string of the molecule is Ic1cnc2cc(OCCN3CCOCC3)cnn12.c1cn2ncc(OCCN3CCOCC3)cc2n1. The van der Waals surface area contributed by atoms with Crippen LogP contribution in [0.3, 0.4) is 0 Å². The molecule has 4 aromatic rings. The van der Waals surface area contributed by atoms with Gasteiger partial charge in [0.05, 0.1) is 45.0 Å². The highest BCUT2D eigenvalue weighted by Crippen LogP contribution is 2.14. The third kappa shape index (κ3) is 7.47. The van der Waals surface area contributed by atoms with Gasteiger partial charge in [0.15, 0.2) is 11.3 Å². The van der Waals surface area contributed by atoms with Crippen LogP contribution in [-0.4, -0.2) is 118 Å². The zero-order valence-electron chi connectivity index (χ0n) is 20.6. The third-order valence-electron chi connectivity index (χ3n) is 6.08. The number of halogens is 1. The van der Waals surface area contributed by atoms with E-state index in [1.54, 1.807) is 33.8 Å². The first kappa shape index (κ1) is 26.0. The smallest absolute Gasteiger partial charge is 0.158 e. The quantitative estimate of drug-likeness (QED) is 0.269. The first-order valence-corrected chi connectivity index (χ1v) is 13.5. The van der Waals surface area contributed by atoms with Crippen molar-refractivity contribution in [3.63, 3.8) is 0 Å². The molecule has 2 saturated heterocycles. The first-order valence-electron chi connectivity index (χ1n) is 12.4. The summed E-state index contributed by atoms with van der Waals surface area (Å²) in [6.45, 7) is 10.4. The number of hydrogen-bond acceptors (Lipinski definition) is 10. The molecule has 4 aromatic heterocycles. The zero-order chi connectivity index (χ0) is 25.3. The molecule has 2 aliphatic heterocycles. The lowest BCUT2D eigenvalue weighted by atomic mass is 10.4. The van der Waals surface area contributed by atoms with Crippen LogP contribution in [0.5, 0.6) is 11.5 Å². The second kappa shape index (κ2) is 13.3. The minimum Gasteiger partial charge on any atom is -0.490 e. The fourth-order valence-electron chi connectivity index (χ4n) is 4.02. The minimum atomic E-state index is 0.662. The lowest BCUT2D eigenvalue weighted by Crippen LogP contribution is -2.38. The van der Waals surface area contributed by atoms with Crippen molar-refractivity contribution in [2.24, 2.45) is 0 Å². The van der Waals surface area contributed by atoms with Crippen molar-refractivity contribution in [2.45, 2.75) is 0 Å². The molecule has 0 unspecified atom stereocenters. The van der Waals surface area contributed by atoms with Gasteiger partial charge in [-0.05, 0) is 22.6 Å². The summed E-state index contributed by atoms with van der Waals surface area (Å²) in [5, 5.41) is 8.50. The van der Waals surface area contributed by atoms with Crippen LogP contribution in [-0.2, 0) is 9.47 Å². The van der Waals surface area contributed by atoms with Gasteiger partial charge in [-0.2, -0.15) is 10.2 Å². The Morgan fingerprint density at radius 1 is 0.757 bits per heavy atom. The number of hydrogen-bond donors (Lipinski definition) is 0. The standard InChI is InChI=1S/C12H15IN4O2.C12H16N4O2/c13-11-9-14-12-7-10(8-15-17(11)12)19-6-3-16-1-4-18-5-2-16;1-2-16-12(13-1)9-11(10-14-16)18-8-5-15-3-6-17-7-4-15/h7-9H,1-6H2;1-2,9-10H,3-8H2. The predicted octanol–water partition coefficient (Wildman–Crippen LogP) is 1.49. The van der Waals surface area contributed by atoms with Crippen molar-refractivity contribution in [2.75, 3.05) is 78.9 Å². The Morgan fingerprint density at radius 3 is 2.00 bits per heavy atom. The van der Waals surface area contributed by atoms with Crippen LogP contribution in [0.2, 0.25) is 0 Å². The Bertz CT molecular complexity index is 1260. The van der Waals surface area contributed by atoms with Gasteiger partial charge in [0.1, 0.15) is 28.4 Å². The molecule has 0 N–H and O–H groups in total. The highest BCUT2D eigenvalue weighted by molar-refractivity contribution is 14.1. The lowest BCUT2D eigenvalue weighted by Gasteiger charge is -2.26. The summed E-state index contributed by atoms with van der Waals surface area (Å²) < 4.78 is 26.5. The normalized spacial score (nSPS) is 17.0. The van der Waals surface area contributed by atoms with Crippen LogP contribution in [0, 0.1) is 3.70 Å². The molecule has 0 aliphatic carbocycles. The van der Waals surface area contributed by atoms with E-state index in [-0.39, 0.29) is 0 Å². The van der Waals surface area contributed by atoms with E-state index in [4.69, 9.17) is 18.9 Å². The molecule has 0 saturated carbocycles. The summed E-state index contributed by atoms with van der Waals surface area (Å²) >= 11 is 2.20. The van der Waals surface area contributed by atoms with E-state index in [0.717, 1.165) is 92.2 Å². The number of rotatable bonds is 8. The number of aromatic nitrogens is 6. The van der Waals surface area contributed by atoms with Gasteiger partial charge in [-0.3, -0.25) is 9.80 Å². The molecule has 0 aromatic carbocycles. The molecular weight excluding hydrogens is 591 g/mol. The van der Waals surface area contributed by atoms with Crippen LogP contribution >= 0.6 is 22.6 Å². The van der Waals surface area contributed by atoms with E-state index in [1.165, 1.54) is 0 Å². The fourth-order valence-corrected chi connectivity index (χ4v) is 4.53. The molecule has 13 heteroatoms. The van der Waals surface area contributed by atoms with E-state index < -0.39 is 0 Å². The maximum atomic E-state index is 5.73. The van der Waals surface area contributed by atoms with Gasteiger partial charge in [0.2, 0.25) is 0 Å². The molecule has 0 atom stereocenters. The van der Waals surface area contributed by atoms with E-state index in [1.807, 2.05) is 18.3 Å². The minimum absolute atomic E-state index is 0.662. The van der Waals surface area contributed by atoms with Gasteiger partial charge in [0, 0.05) is 63.8 Å². The maximum Gasteiger partial charge on any atom is 0.158 e. The summed E-state index contributed by atoms with van der Waals surface area (Å²) in [7, 11) is 0. The van der Waals surface area contributed by atoms with E-state index in [2.05, 4.69) is 52.6 Å². The van der Waals surface area contributed by atoms with Crippen molar-refractivity contribution in [3.8, 4) is 11.5 Å². The molecule has 2 fully saturated rings. The zero-order valence-corrected chi connectivity index (χ0v) is 22.8. The van der Waals surface area contributed by atoms with Crippen LogP contribution < -0.4 is 9.47 Å². The van der Waals surface area contributed by atoms with Crippen molar-refractivity contribution in [1.82, 2.24) is 39.0 Å². The van der Waals surface area contributed by atoms with Gasteiger partial charge < -0.3 is 18.9 Å². The highest BCUT2D eigenvalue weighted by atomic mass is 127. The highest BCUT2D eigenvalue weighted by Gasteiger charge is 2.11. The average molecular weight is 622 g/mol. The second-order valence-electron chi connectivity index (χ2n) is 8.57. The molecule has 0 amide bonds. The molecule has 37 heavy (non-hydrogen) atoms. The Labute approximate surface area is 228 Å². The molecule has 0 radical (unpaired) electrons. The van der Waals surface area contributed by atoms with Crippen LogP contribution in [0.25, 0.3) is 11.3 Å². The number of ether oxygens (including phenoxy) is 4. The molecular formula is C24H31IN8O4. The van der Waals surface area contributed by atoms with Gasteiger partial charge in [0.25, 0.3) is 0 Å². The molecule has 12 nitrogen and oxygen atoms in total. The van der Waals surface area contributed by atoms with Gasteiger partial charge in [-0.1, -0.05) is 0 Å². The number of imidazole rings is 2.